The van der Waals surface area contributed by atoms with Crippen molar-refractivity contribution in [2.45, 2.75) is 71.3 Å². The maximum Gasteiger partial charge on any atom is 0.239 e. The lowest BCUT2D eigenvalue weighted by molar-refractivity contribution is -0.133. The molecule has 0 aromatic carbocycles. The van der Waals surface area contributed by atoms with E-state index in [4.69, 9.17) is 0 Å². The van der Waals surface area contributed by atoms with Crippen molar-refractivity contribution in [3.8, 4) is 0 Å². The van der Waals surface area contributed by atoms with Crippen molar-refractivity contribution >= 4 is 5.91 Å². The minimum atomic E-state index is -0.00951. The van der Waals surface area contributed by atoms with Gasteiger partial charge < -0.3 is 10.2 Å². The second-order valence-electron chi connectivity index (χ2n) is 5.48. The second kappa shape index (κ2) is 9.37. The number of carbonyl (C=O) groups excluding carboxylic acids is 1. The monoisotopic (exact) mass is 254 g/mol. The average Bonchev–Trinajstić information content (AvgIpc) is 2.66. The largest absolute Gasteiger partial charge is 0.341 e. The third-order valence-corrected chi connectivity index (χ3v) is 3.77. The first-order valence-electron chi connectivity index (χ1n) is 7.78. The van der Waals surface area contributed by atoms with Gasteiger partial charge in [-0.1, -0.05) is 39.0 Å². The molecule has 0 spiro atoms. The fraction of sp³-hybridized carbons (Fsp3) is 0.933. The molecule has 18 heavy (non-hydrogen) atoms. The van der Waals surface area contributed by atoms with Crippen LogP contribution in [0.5, 0.6) is 0 Å². The molecule has 106 valence electrons. The molecule has 0 aromatic rings. The number of hydrogen-bond acceptors (Lipinski definition) is 2. The molecular weight excluding hydrogens is 224 g/mol. The molecule has 0 radical (unpaired) electrons. The molecule has 0 bridgehead atoms. The highest BCUT2D eigenvalue weighted by molar-refractivity contribution is 5.81. The third-order valence-electron chi connectivity index (χ3n) is 3.77. The van der Waals surface area contributed by atoms with E-state index in [2.05, 4.69) is 17.1 Å². The van der Waals surface area contributed by atoms with E-state index in [1.807, 2.05) is 6.92 Å². The van der Waals surface area contributed by atoms with E-state index in [1.54, 1.807) is 0 Å². The summed E-state index contributed by atoms with van der Waals surface area (Å²) in [5.41, 5.74) is 0. The van der Waals surface area contributed by atoms with Gasteiger partial charge in [0.25, 0.3) is 0 Å². The van der Waals surface area contributed by atoms with Crippen molar-refractivity contribution in [3.05, 3.63) is 0 Å². The zero-order chi connectivity index (χ0) is 13.2. The quantitative estimate of drug-likeness (QED) is 0.708. The van der Waals surface area contributed by atoms with E-state index in [0.717, 1.165) is 19.6 Å². The summed E-state index contributed by atoms with van der Waals surface area (Å²) >= 11 is 0. The summed E-state index contributed by atoms with van der Waals surface area (Å²) in [7, 11) is 0. The molecule has 1 fully saturated rings. The van der Waals surface area contributed by atoms with Crippen LogP contribution in [0.4, 0.5) is 0 Å². The molecule has 0 saturated carbocycles. The van der Waals surface area contributed by atoms with Gasteiger partial charge in [0, 0.05) is 13.1 Å². The van der Waals surface area contributed by atoms with Crippen LogP contribution in [0.15, 0.2) is 0 Å². The summed E-state index contributed by atoms with van der Waals surface area (Å²) in [5, 5.41) is 3.37. The summed E-state index contributed by atoms with van der Waals surface area (Å²) < 4.78 is 0. The van der Waals surface area contributed by atoms with Crippen molar-refractivity contribution < 1.29 is 4.79 Å². The van der Waals surface area contributed by atoms with Gasteiger partial charge >= 0.3 is 0 Å². The van der Waals surface area contributed by atoms with Gasteiger partial charge in [-0.3, -0.25) is 4.79 Å². The minimum Gasteiger partial charge on any atom is -0.341 e. The Bertz CT molecular complexity index is 223. The molecular formula is C15H30N2O. The fourth-order valence-electron chi connectivity index (χ4n) is 2.52. The number of nitrogens with one attached hydrogen (secondary N) is 1. The molecule has 1 rings (SSSR count). The molecule has 1 saturated heterocycles. The van der Waals surface area contributed by atoms with Crippen LogP contribution in [-0.2, 0) is 4.79 Å². The van der Waals surface area contributed by atoms with Crippen LogP contribution in [0.25, 0.3) is 0 Å². The van der Waals surface area contributed by atoms with Gasteiger partial charge in [-0.25, -0.2) is 0 Å². The molecule has 1 aliphatic heterocycles. The Morgan fingerprint density at radius 3 is 2.39 bits per heavy atom. The number of amides is 1. The van der Waals surface area contributed by atoms with Crippen molar-refractivity contribution in [1.82, 2.24) is 10.2 Å². The Morgan fingerprint density at radius 1 is 1.11 bits per heavy atom. The zero-order valence-corrected chi connectivity index (χ0v) is 12.2. The number of likely N-dealkylation sites (tertiary alicyclic amines) is 1. The molecule has 1 heterocycles. The minimum absolute atomic E-state index is 0.00951. The summed E-state index contributed by atoms with van der Waals surface area (Å²) in [4.78, 5) is 14.3. The average molecular weight is 254 g/mol. The Hall–Kier alpha value is -0.570. The van der Waals surface area contributed by atoms with Crippen molar-refractivity contribution in [2.75, 3.05) is 19.6 Å². The highest BCUT2D eigenvalue weighted by Gasteiger charge is 2.20. The van der Waals surface area contributed by atoms with Crippen molar-refractivity contribution in [1.29, 1.82) is 0 Å². The van der Waals surface area contributed by atoms with E-state index < -0.39 is 0 Å². The first-order valence-corrected chi connectivity index (χ1v) is 7.78. The number of unbranched alkanes of at least 4 members (excludes halogenated alkanes) is 3. The first kappa shape index (κ1) is 15.5. The number of nitrogens with zero attached hydrogens (tertiary/aromatic N) is 1. The third kappa shape index (κ3) is 5.85. The lowest BCUT2D eigenvalue weighted by atomic mass is 10.2. The van der Waals surface area contributed by atoms with Gasteiger partial charge in [-0.2, -0.15) is 0 Å². The van der Waals surface area contributed by atoms with Gasteiger partial charge in [0.1, 0.15) is 0 Å². The smallest absolute Gasteiger partial charge is 0.239 e. The standard InChI is InChI=1S/C15H30N2O/c1-3-4-5-8-11-16-14(2)15(18)17-12-9-6-7-10-13-17/h14,16H,3-13H2,1-2H3. The molecule has 1 aliphatic rings. The zero-order valence-electron chi connectivity index (χ0n) is 12.2. The molecule has 3 nitrogen and oxygen atoms in total. The number of hydrogen-bond donors (Lipinski definition) is 1. The first-order chi connectivity index (χ1) is 8.75. The lowest BCUT2D eigenvalue weighted by Crippen LogP contribution is -2.45. The molecule has 0 aliphatic carbocycles. The van der Waals surface area contributed by atoms with Crippen LogP contribution in [-0.4, -0.2) is 36.5 Å². The van der Waals surface area contributed by atoms with Gasteiger partial charge in [0.15, 0.2) is 0 Å². The van der Waals surface area contributed by atoms with Crippen LogP contribution < -0.4 is 5.32 Å². The maximum absolute atomic E-state index is 12.2. The summed E-state index contributed by atoms with van der Waals surface area (Å²) in [5.74, 6) is 0.299. The highest BCUT2D eigenvalue weighted by Crippen LogP contribution is 2.10. The molecule has 1 atom stereocenters. The predicted molar refractivity (Wildman–Crippen MR) is 76.7 cm³/mol. The van der Waals surface area contributed by atoms with Crippen molar-refractivity contribution in [3.63, 3.8) is 0 Å². The van der Waals surface area contributed by atoms with E-state index >= 15 is 0 Å². The summed E-state index contributed by atoms with van der Waals surface area (Å²) in [6.45, 7) is 7.12. The summed E-state index contributed by atoms with van der Waals surface area (Å²) in [6.07, 6.45) is 9.94. The van der Waals surface area contributed by atoms with Crippen LogP contribution in [0.1, 0.15) is 65.2 Å². The lowest BCUT2D eigenvalue weighted by Gasteiger charge is -2.24. The Kier molecular flexibility index (Phi) is 8.06. The normalized spacial score (nSPS) is 18.4. The van der Waals surface area contributed by atoms with Crippen LogP contribution in [0, 0.1) is 0 Å². The summed E-state index contributed by atoms with van der Waals surface area (Å²) in [6, 6.07) is -0.00951. The highest BCUT2D eigenvalue weighted by atomic mass is 16.2. The van der Waals surface area contributed by atoms with Gasteiger partial charge in [0.05, 0.1) is 6.04 Å². The maximum atomic E-state index is 12.2. The van der Waals surface area contributed by atoms with Crippen LogP contribution >= 0.6 is 0 Å². The fourth-order valence-corrected chi connectivity index (χ4v) is 2.52. The van der Waals surface area contributed by atoms with E-state index in [1.165, 1.54) is 51.4 Å². The number of carbonyl (C=O) groups is 1. The van der Waals surface area contributed by atoms with E-state index in [0.29, 0.717) is 5.91 Å². The Balaban J connectivity index is 2.18. The van der Waals surface area contributed by atoms with Crippen molar-refractivity contribution in [2.24, 2.45) is 0 Å². The van der Waals surface area contributed by atoms with Gasteiger partial charge in [-0.15, -0.1) is 0 Å². The Morgan fingerprint density at radius 2 is 1.78 bits per heavy atom. The second-order valence-corrected chi connectivity index (χ2v) is 5.48. The van der Waals surface area contributed by atoms with Crippen LogP contribution in [0.2, 0.25) is 0 Å². The van der Waals surface area contributed by atoms with Crippen LogP contribution in [0.3, 0.4) is 0 Å². The Labute approximate surface area is 112 Å². The van der Waals surface area contributed by atoms with Gasteiger partial charge in [0.2, 0.25) is 5.91 Å². The number of rotatable bonds is 7. The molecule has 1 amide bonds. The SMILES string of the molecule is CCCCCCNC(C)C(=O)N1CCCCCC1. The molecule has 3 heteroatoms. The molecule has 0 aromatic heterocycles. The van der Waals surface area contributed by atoms with E-state index in [-0.39, 0.29) is 6.04 Å². The van der Waals surface area contributed by atoms with Gasteiger partial charge in [-0.05, 0) is 32.7 Å². The molecule has 1 unspecified atom stereocenters. The molecule has 1 N–H and O–H groups in total. The topological polar surface area (TPSA) is 32.3 Å². The van der Waals surface area contributed by atoms with E-state index in [9.17, 15) is 4.79 Å². The predicted octanol–water partition coefficient (Wildman–Crippen LogP) is 2.95.